The van der Waals surface area contributed by atoms with E-state index in [-0.39, 0.29) is 0 Å². The van der Waals surface area contributed by atoms with Gasteiger partial charge in [-0.3, -0.25) is 0 Å². The summed E-state index contributed by atoms with van der Waals surface area (Å²) in [5, 5.41) is 0. The topological polar surface area (TPSA) is 14.2 Å². The third-order valence-electron chi connectivity index (χ3n) is 2.01. The van der Waals surface area contributed by atoms with Crippen molar-refractivity contribution in [1.29, 1.82) is 0 Å². The van der Waals surface area contributed by atoms with Crippen LogP contribution < -0.4 is 4.74 Å². The number of hydrogen-bond acceptors (Lipinski definition) is 1. The minimum absolute atomic E-state index is 0.751. The first-order chi connectivity index (χ1) is 5.83. The largest absolute Gasteiger partial charge is 0.492 e. The molecule has 0 N–H and O–H groups in total. The molecule has 0 atom stereocenters. The quantitative estimate of drug-likeness (QED) is 0.672. The Morgan fingerprint density at radius 1 is 1.33 bits per heavy atom. The molecule has 1 aromatic rings. The standard InChI is InChI=1S/C10H17NO/c1-4-9-10(12-6-3)7-8-11(9)5-2/h7-8H,4-6H2,1-3H3. The molecule has 0 amide bonds. The van der Waals surface area contributed by atoms with Gasteiger partial charge in [0.1, 0.15) is 5.75 Å². The van der Waals surface area contributed by atoms with E-state index >= 15 is 0 Å². The van der Waals surface area contributed by atoms with Crippen LogP contribution in [0.4, 0.5) is 0 Å². The molecule has 0 saturated carbocycles. The van der Waals surface area contributed by atoms with Gasteiger partial charge in [-0.1, -0.05) is 6.92 Å². The van der Waals surface area contributed by atoms with Gasteiger partial charge in [-0.15, -0.1) is 0 Å². The number of aryl methyl sites for hydroxylation is 1. The molecule has 0 aromatic carbocycles. The fraction of sp³-hybridized carbons (Fsp3) is 0.600. The van der Waals surface area contributed by atoms with Crippen LogP contribution in [0.2, 0.25) is 0 Å². The summed E-state index contributed by atoms with van der Waals surface area (Å²) < 4.78 is 7.72. The maximum Gasteiger partial charge on any atom is 0.140 e. The lowest BCUT2D eigenvalue weighted by Gasteiger charge is -2.07. The highest BCUT2D eigenvalue weighted by Crippen LogP contribution is 2.20. The number of nitrogens with zero attached hydrogens (tertiary/aromatic N) is 1. The van der Waals surface area contributed by atoms with Gasteiger partial charge in [0, 0.05) is 12.7 Å². The van der Waals surface area contributed by atoms with Gasteiger partial charge in [0.15, 0.2) is 0 Å². The Morgan fingerprint density at radius 3 is 2.58 bits per heavy atom. The average Bonchev–Trinajstić information content (AvgIpc) is 2.47. The summed E-state index contributed by atoms with van der Waals surface area (Å²) >= 11 is 0. The van der Waals surface area contributed by atoms with Crippen molar-refractivity contribution in [3.05, 3.63) is 18.0 Å². The third kappa shape index (κ3) is 1.63. The van der Waals surface area contributed by atoms with Crippen molar-refractivity contribution >= 4 is 0 Å². The maximum absolute atomic E-state index is 5.49. The van der Waals surface area contributed by atoms with E-state index < -0.39 is 0 Å². The molecule has 0 saturated heterocycles. The first-order valence-electron chi connectivity index (χ1n) is 4.64. The summed E-state index contributed by atoms with van der Waals surface area (Å²) in [6.45, 7) is 8.10. The summed E-state index contributed by atoms with van der Waals surface area (Å²) in [5.74, 6) is 1.04. The van der Waals surface area contributed by atoms with Crippen LogP contribution in [0.5, 0.6) is 5.75 Å². The van der Waals surface area contributed by atoms with Crippen LogP contribution in [0.1, 0.15) is 26.5 Å². The summed E-state index contributed by atoms with van der Waals surface area (Å²) in [4.78, 5) is 0. The molecule has 68 valence electrons. The highest BCUT2D eigenvalue weighted by Gasteiger charge is 2.05. The van der Waals surface area contributed by atoms with Crippen LogP contribution in [0.15, 0.2) is 12.3 Å². The van der Waals surface area contributed by atoms with Gasteiger partial charge >= 0.3 is 0 Å². The van der Waals surface area contributed by atoms with Gasteiger partial charge < -0.3 is 9.30 Å². The Labute approximate surface area is 74.2 Å². The lowest BCUT2D eigenvalue weighted by Crippen LogP contribution is -2.00. The van der Waals surface area contributed by atoms with Crippen molar-refractivity contribution in [2.75, 3.05) is 6.61 Å². The van der Waals surface area contributed by atoms with Crippen molar-refractivity contribution in [3.63, 3.8) is 0 Å². The third-order valence-corrected chi connectivity index (χ3v) is 2.01. The van der Waals surface area contributed by atoms with Crippen molar-refractivity contribution in [2.24, 2.45) is 0 Å². The van der Waals surface area contributed by atoms with Crippen LogP contribution >= 0.6 is 0 Å². The zero-order chi connectivity index (χ0) is 8.97. The van der Waals surface area contributed by atoms with E-state index in [1.165, 1.54) is 5.69 Å². The van der Waals surface area contributed by atoms with Crippen LogP contribution in [0.25, 0.3) is 0 Å². The lowest BCUT2D eigenvalue weighted by molar-refractivity contribution is 0.335. The second kappa shape index (κ2) is 4.19. The van der Waals surface area contributed by atoms with Gasteiger partial charge in [-0.2, -0.15) is 0 Å². The van der Waals surface area contributed by atoms with E-state index in [2.05, 4.69) is 24.6 Å². The average molecular weight is 167 g/mol. The molecule has 1 aromatic heterocycles. The zero-order valence-electron chi connectivity index (χ0n) is 8.13. The van der Waals surface area contributed by atoms with Crippen molar-refractivity contribution in [1.82, 2.24) is 4.57 Å². The number of hydrogen-bond donors (Lipinski definition) is 0. The fourth-order valence-electron chi connectivity index (χ4n) is 1.45. The molecule has 0 radical (unpaired) electrons. The van der Waals surface area contributed by atoms with E-state index in [0.717, 1.165) is 25.3 Å². The van der Waals surface area contributed by atoms with Crippen LogP contribution in [-0.4, -0.2) is 11.2 Å². The molecule has 0 aliphatic rings. The first kappa shape index (κ1) is 9.17. The summed E-state index contributed by atoms with van der Waals surface area (Å²) in [6.07, 6.45) is 3.12. The SMILES string of the molecule is CCOc1ccn(CC)c1CC. The Kier molecular flexibility index (Phi) is 3.20. The number of rotatable bonds is 4. The maximum atomic E-state index is 5.49. The smallest absolute Gasteiger partial charge is 0.140 e. The van der Waals surface area contributed by atoms with Gasteiger partial charge in [0.25, 0.3) is 0 Å². The predicted octanol–water partition coefficient (Wildman–Crippen LogP) is 2.47. The van der Waals surface area contributed by atoms with Crippen molar-refractivity contribution < 1.29 is 4.74 Å². The fourth-order valence-corrected chi connectivity index (χ4v) is 1.45. The predicted molar refractivity (Wildman–Crippen MR) is 50.7 cm³/mol. The molecule has 0 spiro atoms. The van der Waals surface area contributed by atoms with Crippen LogP contribution in [-0.2, 0) is 13.0 Å². The molecule has 0 bridgehead atoms. The Morgan fingerprint density at radius 2 is 2.08 bits per heavy atom. The molecule has 1 rings (SSSR count). The molecule has 0 aliphatic heterocycles. The molecular formula is C10H17NO. The second-order valence-corrected chi connectivity index (χ2v) is 2.70. The van der Waals surface area contributed by atoms with E-state index in [0.29, 0.717) is 0 Å². The highest BCUT2D eigenvalue weighted by atomic mass is 16.5. The molecule has 0 aliphatic carbocycles. The van der Waals surface area contributed by atoms with Gasteiger partial charge in [0.2, 0.25) is 0 Å². The molecule has 2 heteroatoms. The monoisotopic (exact) mass is 167 g/mol. The normalized spacial score (nSPS) is 10.2. The Bertz CT molecular complexity index is 240. The van der Waals surface area contributed by atoms with Crippen LogP contribution in [0.3, 0.4) is 0 Å². The highest BCUT2D eigenvalue weighted by molar-refractivity contribution is 5.29. The zero-order valence-corrected chi connectivity index (χ0v) is 8.13. The number of ether oxygens (including phenoxy) is 1. The van der Waals surface area contributed by atoms with Crippen LogP contribution in [0, 0.1) is 0 Å². The van der Waals surface area contributed by atoms with Gasteiger partial charge in [0.05, 0.1) is 12.3 Å². The molecule has 12 heavy (non-hydrogen) atoms. The molecule has 0 unspecified atom stereocenters. The van der Waals surface area contributed by atoms with Crippen molar-refractivity contribution in [2.45, 2.75) is 33.7 Å². The van der Waals surface area contributed by atoms with E-state index in [1.54, 1.807) is 0 Å². The van der Waals surface area contributed by atoms with E-state index in [4.69, 9.17) is 4.74 Å². The minimum atomic E-state index is 0.751. The minimum Gasteiger partial charge on any atom is -0.492 e. The number of aromatic nitrogens is 1. The Hall–Kier alpha value is -0.920. The summed E-state index contributed by atoms with van der Waals surface area (Å²) in [7, 11) is 0. The molecule has 2 nitrogen and oxygen atoms in total. The summed E-state index contributed by atoms with van der Waals surface area (Å²) in [6, 6.07) is 2.05. The molecule has 0 fully saturated rings. The second-order valence-electron chi connectivity index (χ2n) is 2.70. The van der Waals surface area contributed by atoms with E-state index in [1.807, 2.05) is 13.0 Å². The lowest BCUT2D eigenvalue weighted by atomic mass is 10.3. The summed E-state index contributed by atoms with van der Waals surface area (Å²) in [5.41, 5.74) is 1.30. The Balaban J connectivity index is 2.88. The van der Waals surface area contributed by atoms with Gasteiger partial charge in [-0.05, 0) is 26.3 Å². The molecular weight excluding hydrogens is 150 g/mol. The van der Waals surface area contributed by atoms with Gasteiger partial charge in [-0.25, -0.2) is 0 Å². The molecule has 1 heterocycles. The van der Waals surface area contributed by atoms with E-state index in [9.17, 15) is 0 Å². The first-order valence-corrected chi connectivity index (χ1v) is 4.64. The van der Waals surface area contributed by atoms with Crippen molar-refractivity contribution in [3.8, 4) is 5.75 Å².